The number of likely N-dealkylation sites (tertiary alicyclic amines) is 1. The molecule has 2 aromatic heterocycles. The Morgan fingerprint density at radius 2 is 2.03 bits per heavy atom. The van der Waals surface area contributed by atoms with Gasteiger partial charge in [0.1, 0.15) is 11.5 Å². The zero-order chi connectivity index (χ0) is 25.5. The van der Waals surface area contributed by atoms with E-state index in [0.717, 1.165) is 30.4 Å². The van der Waals surface area contributed by atoms with Crippen molar-refractivity contribution in [3.8, 4) is 0 Å². The van der Waals surface area contributed by atoms with Crippen LogP contribution in [0.5, 0.6) is 0 Å². The molecule has 1 aliphatic heterocycles. The number of Topliss-reactive ketones (excluding diaryl/α,β-unsaturated/α-hetero) is 1. The van der Waals surface area contributed by atoms with Gasteiger partial charge in [-0.05, 0) is 66.7 Å². The molecule has 11 heteroatoms. The number of aromatic amines is 1. The molecule has 190 valence electrons. The van der Waals surface area contributed by atoms with Gasteiger partial charge in [-0.1, -0.05) is 17.7 Å². The number of tetrazole rings is 1. The molecule has 4 rings (SSSR count). The highest BCUT2D eigenvalue weighted by Gasteiger charge is 2.22. The highest BCUT2D eigenvalue weighted by molar-refractivity contribution is 6.30. The number of piperidine rings is 1. The number of aryl methyl sites for hydroxylation is 2. The average Bonchev–Trinajstić information content (AvgIpc) is 3.48. The van der Waals surface area contributed by atoms with Crippen molar-refractivity contribution >= 4 is 29.4 Å². The minimum absolute atomic E-state index is 0.0341. The van der Waals surface area contributed by atoms with Crippen molar-refractivity contribution in [1.29, 1.82) is 0 Å². The van der Waals surface area contributed by atoms with Gasteiger partial charge >= 0.3 is 0 Å². The molecule has 0 unspecified atom stereocenters. The molecule has 0 radical (unpaired) electrons. The summed E-state index contributed by atoms with van der Waals surface area (Å²) < 4.78 is 4.98. The van der Waals surface area contributed by atoms with Crippen LogP contribution in [0.25, 0.3) is 6.08 Å². The lowest BCUT2D eigenvalue weighted by atomic mass is 9.90. The fourth-order valence-electron chi connectivity index (χ4n) is 4.32. The second kappa shape index (κ2) is 11.9. The standard InChI is InChI=1S/C25H29ClN6O4/c1-17-27-30-32(28-17)16-20-14-21(26)5-3-19(20)4-9-25(35)31-12-10-18(11-13-31)2-6-22(33)7-8-23-15-24(34)29-36-23/h3-5,9,14-15,18H,2,6-8,10-13,16H2,1H3,(H,29,34)/b9-4+. The summed E-state index contributed by atoms with van der Waals surface area (Å²) in [6.45, 7) is 3.52. The maximum atomic E-state index is 12.8. The number of ketones is 1. The number of nitrogens with one attached hydrogen (secondary N) is 1. The van der Waals surface area contributed by atoms with Gasteiger partial charge in [0.05, 0.1) is 6.54 Å². The van der Waals surface area contributed by atoms with Crippen LogP contribution in [-0.4, -0.2) is 55.0 Å². The van der Waals surface area contributed by atoms with E-state index >= 15 is 0 Å². The molecule has 0 saturated carbocycles. The fraction of sp³-hybridized carbons (Fsp3) is 0.440. The van der Waals surface area contributed by atoms with Crippen LogP contribution in [0.15, 0.2) is 39.7 Å². The van der Waals surface area contributed by atoms with Gasteiger partial charge in [-0.3, -0.25) is 14.4 Å². The Balaban J connectivity index is 1.23. The number of hydrogen-bond donors (Lipinski definition) is 1. The van der Waals surface area contributed by atoms with Crippen molar-refractivity contribution in [3.05, 3.63) is 68.4 Å². The zero-order valence-electron chi connectivity index (χ0n) is 20.2. The number of amides is 1. The predicted molar refractivity (Wildman–Crippen MR) is 133 cm³/mol. The molecule has 0 bridgehead atoms. The average molecular weight is 513 g/mol. The Hall–Kier alpha value is -3.53. The van der Waals surface area contributed by atoms with Crippen LogP contribution < -0.4 is 5.56 Å². The van der Waals surface area contributed by atoms with Crippen molar-refractivity contribution in [2.75, 3.05) is 13.1 Å². The van der Waals surface area contributed by atoms with Crippen molar-refractivity contribution in [1.82, 2.24) is 30.3 Å². The van der Waals surface area contributed by atoms with E-state index in [-0.39, 0.29) is 17.2 Å². The first kappa shape index (κ1) is 25.6. The molecule has 36 heavy (non-hydrogen) atoms. The summed E-state index contributed by atoms with van der Waals surface area (Å²) >= 11 is 6.18. The molecular formula is C25H29ClN6O4. The first-order valence-electron chi connectivity index (χ1n) is 12.0. The third-order valence-corrected chi connectivity index (χ3v) is 6.59. The number of nitrogens with zero attached hydrogens (tertiary/aromatic N) is 5. The van der Waals surface area contributed by atoms with Gasteiger partial charge in [-0.25, -0.2) is 0 Å². The van der Waals surface area contributed by atoms with E-state index in [9.17, 15) is 14.4 Å². The summed E-state index contributed by atoms with van der Waals surface area (Å²) in [7, 11) is 0. The topological polar surface area (TPSA) is 127 Å². The van der Waals surface area contributed by atoms with Crippen LogP contribution in [0.2, 0.25) is 5.02 Å². The summed E-state index contributed by atoms with van der Waals surface area (Å²) in [4.78, 5) is 39.4. The van der Waals surface area contributed by atoms with Gasteiger partial charge in [-0.2, -0.15) is 9.95 Å². The zero-order valence-corrected chi connectivity index (χ0v) is 20.9. The van der Waals surface area contributed by atoms with Crippen LogP contribution in [0.1, 0.15) is 54.8 Å². The predicted octanol–water partition coefficient (Wildman–Crippen LogP) is 3.20. The van der Waals surface area contributed by atoms with Crippen LogP contribution in [0.4, 0.5) is 0 Å². The molecule has 3 heterocycles. The van der Waals surface area contributed by atoms with E-state index in [1.165, 1.54) is 10.9 Å². The molecule has 0 aliphatic carbocycles. The molecule has 0 spiro atoms. The molecule has 1 aliphatic rings. The van der Waals surface area contributed by atoms with Gasteiger partial charge in [0.2, 0.25) is 5.91 Å². The largest absolute Gasteiger partial charge is 0.384 e. The first-order valence-corrected chi connectivity index (χ1v) is 12.4. The second-order valence-corrected chi connectivity index (χ2v) is 9.50. The number of hydrogen-bond acceptors (Lipinski definition) is 7. The van der Waals surface area contributed by atoms with Crippen LogP contribution >= 0.6 is 11.6 Å². The lowest BCUT2D eigenvalue weighted by Crippen LogP contribution is -2.37. The first-order chi connectivity index (χ1) is 17.4. The molecule has 1 fully saturated rings. The second-order valence-electron chi connectivity index (χ2n) is 9.07. The van der Waals surface area contributed by atoms with Gasteiger partial charge in [-0.15, -0.1) is 10.2 Å². The SMILES string of the molecule is Cc1nnn(Cc2cc(Cl)ccc2/C=C/C(=O)N2CCC(CCC(=O)CCc3cc(=O)[nH]o3)CC2)n1. The number of carbonyl (C=O) groups excluding carboxylic acids is 2. The van der Waals surface area contributed by atoms with Crippen molar-refractivity contribution in [3.63, 3.8) is 0 Å². The van der Waals surface area contributed by atoms with Crippen LogP contribution in [0.3, 0.4) is 0 Å². The number of rotatable bonds is 10. The Morgan fingerprint density at radius 3 is 2.72 bits per heavy atom. The number of H-pyrrole nitrogens is 1. The quantitative estimate of drug-likeness (QED) is 0.413. The number of carbonyl (C=O) groups is 2. The van der Waals surface area contributed by atoms with E-state index in [4.69, 9.17) is 16.1 Å². The van der Waals surface area contributed by atoms with Gasteiger partial charge in [0.15, 0.2) is 5.82 Å². The molecule has 3 aromatic rings. The van der Waals surface area contributed by atoms with E-state index in [1.807, 2.05) is 17.0 Å². The minimum atomic E-state index is -0.290. The van der Waals surface area contributed by atoms with E-state index in [1.54, 1.807) is 25.1 Å². The van der Waals surface area contributed by atoms with Crippen molar-refractivity contribution in [2.45, 2.75) is 52.0 Å². The number of halogens is 1. The Labute approximate surface area is 213 Å². The van der Waals surface area contributed by atoms with Crippen molar-refractivity contribution in [2.24, 2.45) is 5.92 Å². The third-order valence-electron chi connectivity index (χ3n) is 6.36. The van der Waals surface area contributed by atoms with Gasteiger partial charge in [0, 0.05) is 49.5 Å². The Morgan fingerprint density at radius 1 is 1.22 bits per heavy atom. The van der Waals surface area contributed by atoms with Crippen molar-refractivity contribution < 1.29 is 14.1 Å². The Bertz CT molecular complexity index is 1290. The fourth-order valence-corrected chi connectivity index (χ4v) is 4.52. The maximum Gasteiger partial charge on any atom is 0.280 e. The normalized spacial score (nSPS) is 14.6. The maximum absolute atomic E-state index is 12.8. The van der Waals surface area contributed by atoms with E-state index in [0.29, 0.717) is 61.4 Å². The molecule has 0 atom stereocenters. The lowest BCUT2D eigenvalue weighted by Gasteiger charge is -2.31. The molecule has 10 nitrogen and oxygen atoms in total. The van der Waals surface area contributed by atoms with Crippen LogP contribution in [0, 0.1) is 12.8 Å². The van der Waals surface area contributed by atoms with Gasteiger partial charge in [0.25, 0.3) is 5.56 Å². The monoisotopic (exact) mass is 512 g/mol. The highest BCUT2D eigenvalue weighted by atomic mass is 35.5. The molecular weight excluding hydrogens is 484 g/mol. The summed E-state index contributed by atoms with van der Waals surface area (Å²) in [5.41, 5.74) is 1.47. The molecule has 1 aromatic carbocycles. The summed E-state index contributed by atoms with van der Waals surface area (Å²) in [6.07, 6.45) is 7.27. The summed E-state index contributed by atoms with van der Waals surface area (Å²) in [5, 5.41) is 14.9. The highest BCUT2D eigenvalue weighted by Crippen LogP contribution is 2.23. The molecule has 1 saturated heterocycles. The van der Waals surface area contributed by atoms with Gasteiger partial charge < -0.3 is 9.42 Å². The Kier molecular flexibility index (Phi) is 8.48. The smallest absolute Gasteiger partial charge is 0.280 e. The number of benzene rings is 1. The summed E-state index contributed by atoms with van der Waals surface area (Å²) in [5.74, 6) is 1.64. The van der Waals surface area contributed by atoms with E-state index in [2.05, 4.69) is 20.6 Å². The lowest BCUT2D eigenvalue weighted by molar-refractivity contribution is -0.127. The molecule has 1 N–H and O–H groups in total. The minimum Gasteiger partial charge on any atom is -0.384 e. The third kappa shape index (κ3) is 7.24. The summed E-state index contributed by atoms with van der Waals surface area (Å²) in [6, 6.07) is 6.87. The van der Waals surface area contributed by atoms with E-state index < -0.39 is 0 Å². The van der Waals surface area contributed by atoms with Crippen LogP contribution in [-0.2, 0) is 22.6 Å². The molecule has 1 amide bonds. The number of aromatic nitrogens is 5.